The molecule has 1 aliphatic carbocycles. The summed E-state index contributed by atoms with van der Waals surface area (Å²) in [4.78, 5) is 26.4. The van der Waals surface area contributed by atoms with Crippen LogP contribution >= 0.6 is 23.2 Å². The minimum atomic E-state index is -0.880. The van der Waals surface area contributed by atoms with E-state index in [2.05, 4.69) is 59.2 Å². The molecule has 0 spiro atoms. The zero-order valence-electron chi connectivity index (χ0n) is 26.9. The smallest absolute Gasteiger partial charge is 0.336 e. The first-order valence-electron chi connectivity index (χ1n) is 15.8. The minimum Gasteiger partial charge on any atom is -0.466 e. The van der Waals surface area contributed by atoms with Crippen LogP contribution in [0.3, 0.4) is 0 Å². The molecule has 1 unspecified atom stereocenters. The van der Waals surface area contributed by atoms with Crippen LogP contribution in [0.5, 0.6) is 0 Å². The summed E-state index contributed by atoms with van der Waals surface area (Å²) in [5.74, 6) is -2.08. The molecule has 2 aliphatic rings. The second-order valence-electron chi connectivity index (χ2n) is 11.3. The lowest BCUT2D eigenvalue weighted by Gasteiger charge is -2.31. The van der Waals surface area contributed by atoms with Gasteiger partial charge in [-0.1, -0.05) is 83.9 Å². The lowest BCUT2D eigenvalue weighted by Crippen LogP contribution is -2.35. The van der Waals surface area contributed by atoms with Gasteiger partial charge in [-0.25, -0.2) is 9.59 Å². The quantitative estimate of drug-likeness (QED) is 0.157. The van der Waals surface area contributed by atoms with Crippen LogP contribution in [-0.2, 0) is 41.4 Å². The fourth-order valence-electron chi connectivity index (χ4n) is 6.31. The van der Waals surface area contributed by atoms with E-state index in [9.17, 15) is 9.59 Å². The van der Waals surface area contributed by atoms with E-state index in [4.69, 9.17) is 42.1 Å². The number of carbonyl (C=O) groups excluding carboxylic acids is 2. The number of ether oxygens (including phenoxy) is 4. The predicted octanol–water partition coefficient (Wildman–Crippen LogP) is 6.46. The van der Waals surface area contributed by atoms with Crippen LogP contribution in [0.25, 0.3) is 0 Å². The summed E-state index contributed by atoms with van der Waals surface area (Å²) in [5, 5.41) is 7.41. The number of dihydropyridines is 1. The Balaban J connectivity index is 1.23. The van der Waals surface area contributed by atoms with Crippen molar-refractivity contribution in [1.29, 1.82) is 0 Å². The van der Waals surface area contributed by atoms with Crippen LogP contribution in [0.4, 0.5) is 0 Å². The average Bonchev–Trinajstić information content (AvgIpc) is 3.23. The summed E-state index contributed by atoms with van der Waals surface area (Å²) >= 11 is 13.0. The summed E-state index contributed by atoms with van der Waals surface area (Å²) < 4.78 is 22.4. The molecule has 47 heavy (non-hydrogen) atoms. The Hall–Kier alpha value is -3.66. The maximum absolute atomic E-state index is 13.4. The van der Waals surface area contributed by atoms with Crippen molar-refractivity contribution in [3.8, 4) is 0 Å². The molecule has 2 N–H and O–H groups in total. The molecule has 0 fully saturated rings. The summed E-state index contributed by atoms with van der Waals surface area (Å²) in [6, 6.07) is 22.4. The fourth-order valence-corrected chi connectivity index (χ4v) is 6.73. The summed E-state index contributed by atoms with van der Waals surface area (Å²) in [7, 11) is 1.29. The maximum Gasteiger partial charge on any atom is 0.336 e. The lowest BCUT2D eigenvalue weighted by molar-refractivity contribution is -0.139. The SMILES string of the molecule is CCOC(=O)C1=C(COCCOCCNC2c3ccccc3CCc3ccccc32)NC(C)=C(C(=O)OC)C1c1cccc(Cl)c1Cl. The van der Waals surface area contributed by atoms with Crippen molar-refractivity contribution in [3.05, 3.63) is 127 Å². The standard InChI is InChI=1S/C37H40Cl2N2O6/c1-4-47-37(43)33-30(41-23(2)31(36(42)44-3)32(33)28-14-9-15-29(38)34(28)39)22-46-21-20-45-19-18-40-35-26-12-7-5-10-24(26)16-17-25-11-6-8-13-27(25)35/h5-15,32,35,40-41H,4,16-22H2,1-3H3. The second-order valence-corrected chi connectivity index (χ2v) is 12.1. The number of rotatable bonds is 13. The molecule has 0 amide bonds. The zero-order valence-corrected chi connectivity index (χ0v) is 28.4. The molecular weight excluding hydrogens is 639 g/mol. The zero-order chi connectivity index (χ0) is 33.3. The third kappa shape index (κ3) is 7.91. The van der Waals surface area contributed by atoms with Gasteiger partial charge in [-0.2, -0.15) is 0 Å². The van der Waals surface area contributed by atoms with Crippen LogP contribution in [-0.4, -0.2) is 58.6 Å². The van der Waals surface area contributed by atoms with Gasteiger partial charge in [0, 0.05) is 12.2 Å². The van der Waals surface area contributed by atoms with Gasteiger partial charge in [-0.05, 0) is 60.6 Å². The normalized spacial score (nSPS) is 16.2. The Morgan fingerprint density at radius 1 is 0.830 bits per heavy atom. The number of esters is 2. The van der Waals surface area contributed by atoms with Crippen LogP contribution < -0.4 is 10.6 Å². The summed E-state index contributed by atoms with van der Waals surface area (Å²) in [6.45, 7) is 5.44. The number of hydrogen-bond acceptors (Lipinski definition) is 8. The van der Waals surface area contributed by atoms with Gasteiger partial charge in [0.05, 0.1) is 79.0 Å². The molecule has 0 aromatic heterocycles. The number of nitrogens with one attached hydrogen (secondary N) is 2. The maximum atomic E-state index is 13.4. The molecule has 1 atom stereocenters. The van der Waals surface area contributed by atoms with E-state index in [1.165, 1.54) is 29.4 Å². The van der Waals surface area contributed by atoms with Gasteiger partial charge in [0.2, 0.25) is 0 Å². The number of halogens is 2. The van der Waals surface area contributed by atoms with Crippen LogP contribution in [0.15, 0.2) is 89.3 Å². The molecule has 0 saturated heterocycles. The van der Waals surface area contributed by atoms with Crippen molar-refractivity contribution >= 4 is 35.1 Å². The van der Waals surface area contributed by atoms with Gasteiger partial charge in [0.1, 0.15) is 0 Å². The lowest BCUT2D eigenvalue weighted by atomic mass is 9.80. The predicted molar refractivity (Wildman–Crippen MR) is 182 cm³/mol. The second kappa shape index (κ2) is 16.4. The number of carbonyl (C=O) groups is 2. The van der Waals surface area contributed by atoms with E-state index in [0.717, 1.165) is 12.8 Å². The highest BCUT2D eigenvalue weighted by molar-refractivity contribution is 6.42. The summed E-state index contributed by atoms with van der Waals surface area (Å²) in [6.07, 6.45) is 2.04. The van der Waals surface area contributed by atoms with Crippen molar-refractivity contribution in [2.75, 3.05) is 46.7 Å². The number of hydrogen-bond donors (Lipinski definition) is 2. The topological polar surface area (TPSA) is 95.1 Å². The van der Waals surface area contributed by atoms with Gasteiger partial charge in [0.25, 0.3) is 0 Å². The molecule has 0 bridgehead atoms. The number of fused-ring (bicyclic) bond motifs is 2. The molecule has 5 rings (SSSR count). The van der Waals surface area contributed by atoms with Crippen molar-refractivity contribution in [1.82, 2.24) is 10.6 Å². The molecule has 8 nitrogen and oxygen atoms in total. The van der Waals surface area contributed by atoms with E-state index in [1.807, 2.05) is 0 Å². The first-order valence-corrected chi connectivity index (χ1v) is 16.6. The van der Waals surface area contributed by atoms with Crippen molar-refractivity contribution in [2.45, 2.75) is 38.6 Å². The van der Waals surface area contributed by atoms with E-state index < -0.39 is 17.9 Å². The van der Waals surface area contributed by atoms with Crippen molar-refractivity contribution in [2.24, 2.45) is 0 Å². The van der Waals surface area contributed by atoms with E-state index >= 15 is 0 Å². The fraction of sp³-hybridized carbons (Fsp3) is 0.351. The number of aryl methyl sites for hydroxylation is 2. The molecule has 3 aromatic rings. The Morgan fingerprint density at radius 3 is 2.13 bits per heavy atom. The van der Waals surface area contributed by atoms with E-state index in [1.54, 1.807) is 32.0 Å². The minimum absolute atomic E-state index is 0.0475. The molecule has 0 saturated carbocycles. The van der Waals surface area contributed by atoms with E-state index in [0.29, 0.717) is 41.7 Å². The largest absolute Gasteiger partial charge is 0.466 e. The third-order valence-corrected chi connectivity index (χ3v) is 9.28. The van der Waals surface area contributed by atoms with Crippen LogP contribution in [0.2, 0.25) is 10.0 Å². The Bertz CT molecular complexity index is 1620. The number of methoxy groups -OCH3 is 1. The van der Waals surface area contributed by atoms with Gasteiger partial charge in [-0.15, -0.1) is 0 Å². The van der Waals surface area contributed by atoms with Gasteiger partial charge in [0.15, 0.2) is 0 Å². The third-order valence-electron chi connectivity index (χ3n) is 8.45. The Kier molecular flexibility index (Phi) is 12.1. The average molecular weight is 680 g/mol. The first-order chi connectivity index (χ1) is 22.8. The monoisotopic (exact) mass is 678 g/mol. The number of allylic oxidation sites excluding steroid dienone is 1. The van der Waals surface area contributed by atoms with Crippen molar-refractivity contribution in [3.63, 3.8) is 0 Å². The molecule has 248 valence electrons. The highest BCUT2D eigenvalue weighted by Gasteiger charge is 2.40. The van der Waals surface area contributed by atoms with Crippen molar-refractivity contribution < 1.29 is 28.5 Å². The molecular formula is C37H40Cl2N2O6. The first kappa shape index (κ1) is 34.7. The van der Waals surface area contributed by atoms with E-state index in [-0.39, 0.29) is 42.0 Å². The van der Waals surface area contributed by atoms with Gasteiger partial charge >= 0.3 is 11.9 Å². The Morgan fingerprint density at radius 2 is 1.47 bits per heavy atom. The molecule has 1 aliphatic heterocycles. The number of benzene rings is 3. The molecule has 1 heterocycles. The Labute approximate surface area is 286 Å². The highest BCUT2D eigenvalue weighted by Crippen LogP contribution is 2.43. The van der Waals surface area contributed by atoms with Crippen LogP contribution in [0, 0.1) is 0 Å². The molecule has 0 radical (unpaired) electrons. The molecule has 3 aromatic carbocycles. The van der Waals surface area contributed by atoms with Gasteiger partial charge in [-0.3, -0.25) is 0 Å². The highest BCUT2D eigenvalue weighted by atomic mass is 35.5. The summed E-state index contributed by atoms with van der Waals surface area (Å²) in [5.41, 5.74) is 7.24. The van der Waals surface area contributed by atoms with Crippen LogP contribution in [0.1, 0.15) is 53.6 Å². The molecule has 10 heteroatoms. The van der Waals surface area contributed by atoms with Gasteiger partial charge < -0.3 is 29.6 Å².